The smallest absolute Gasteiger partial charge is 0.0659 e. The highest BCUT2D eigenvalue weighted by Gasteiger charge is 1.98. The van der Waals surface area contributed by atoms with Gasteiger partial charge < -0.3 is 5.32 Å². The average Bonchev–Trinajstić information content (AvgIpc) is 3.10. The van der Waals surface area contributed by atoms with Crippen LogP contribution in [0, 0.1) is 0 Å². The molecule has 5 heteroatoms. The van der Waals surface area contributed by atoms with Gasteiger partial charge in [0.05, 0.1) is 12.7 Å². The summed E-state index contributed by atoms with van der Waals surface area (Å²) in [7, 11) is 1.92. The second kappa shape index (κ2) is 5.61. The summed E-state index contributed by atoms with van der Waals surface area (Å²) >= 11 is 0. The fourth-order valence-electron chi connectivity index (χ4n) is 2.08. The van der Waals surface area contributed by atoms with Gasteiger partial charge >= 0.3 is 0 Å². The Hall–Kier alpha value is -2.56. The molecule has 0 atom stereocenters. The van der Waals surface area contributed by atoms with Gasteiger partial charge in [-0.05, 0) is 23.8 Å². The van der Waals surface area contributed by atoms with E-state index in [-0.39, 0.29) is 0 Å². The highest BCUT2D eigenvalue weighted by atomic mass is 15.3. The maximum absolute atomic E-state index is 4.20. The highest BCUT2D eigenvalue weighted by Crippen LogP contribution is 2.12. The average molecular weight is 267 g/mol. The lowest BCUT2D eigenvalue weighted by molar-refractivity contribution is 0.687. The standard InChI is InChI=1S/C15H17N5/c1-19-11-14(10-18-19)9-16-15-5-3-13(4-6-15)12-20-8-2-7-17-20/h2-8,10-11,16H,9,12H2,1H3. The summed E-state index contributed by atoms with van der Waals surface area (Å²) < 4.78 is 3.72. The molecule has 0 amide bonds. The summed E-state index contributed by atoms with van der Waals surface area (Å²) in [4.78, 5) is 0. The van der Waals surface area contributed by atoms with Gasteiger partial charge in [-0.15, -0.1) is 0 Å². The van der Waals surface area contributed by atoms with Crippen LogP contribution in [0.2, 0.25) is 0 Å². The Morgan fingerprint density at radius 3 is 2.60 bits per heavy atom. The van der Waals surface area contributed by atoms with Crippen LogP contribution in [0.3, 0.4) is 0 Å². The summed E-state index contributed by atoms with van der Waals surface area (Å²) in [6.07, 6.45) is 7.65. The van der Waals surface area contributed by atoms with Crippen molar-refractivity contribution in [2.75, 3.05) is 5.32 Å². The predicted octanol–water partition coefficient (Wildman–Crippen LogP) is 2.28. The van der Waals surface area contributed by atoms with E-state index >= 15 is 0 Å². The number of aryl methyl sites for hydroxylation is 1. The number of hydrogen-bond acceptors (Lipinski definition) is 3. The van der Waals surface area contributed by atoms with E-state index in [9.17, 15) is 0 Å². The van der Waals surface area contributed by atoms with Crippen molar-refractivity contribution in [2.24, 2.45) is 7.05 Å². The van der Waals surface area contributed by atoms with Gasteiger partial charge in [0, 0.05) is 43.4 Å². The van der Waals surface area contributed by atoms with Gasteiger partial charge in [0.2, 0.25) is 0 Å². The topological polar surface area (TPSA) is 47.7 Å². The fourth-order valence-corrected chi connectivity index (χ4v) is 2.08. The first-order chi connectivity index (χ1) is 9.79. The van der Waals surface area contributed by atoms with Crippen LogP contribution in [0.4, 0.5) is 5.69 Å². The summed E-state index contributed by atoms with van der Waals surface area (Å²) in [5.41, 5.74) is 3.52. The summed E-state index contributed by atoms with van der Waals surface area (Å²) in [6.45, 7) is 1.59. The third kappa shape index (κ3) is 3.06. The molecule has 0 aliphatic rings. The molecule has 102 valence electrons. The third-order valence-corrected chi connectivity index (χ3v) is 3.11. The quantitative estimate of drug-likeness (QED) is 0.771. The van der Waals surface area contributed by atoms with Gasteiger partial charge in [-0.3, -0.25) is 9.36 Å². The maximum Gasteiger partial charge on any atom is 0.0659 e. The zero-order valence-electron chi connectivity index (χ0n) is 11.4. The molecule has 0 aliphatic heterocycles. The first-order valence-electron chi connectivity index (χ1n) is 6.57. The maximum atomic E-state index is 4.20. The van der Waals surface area contributed by atoms with Gasteiger partial charge in [-0.25, -0.2) is 0 Å². The van der Waals surface area contributed by atoms with E-state index in [4.69, 9.17) is 0 Å². The normalized spacial score (nSPS) is 10.7. The van der Waals surface area contributed by atoms with E-state index in [1.807, 2.05) is 41.1 Å². The van der Waals surface area contributed by atoms with Gasteiger partial charge in [0.15, 0.2) is 0 Å². The molecule has 3 aromatic rings. The number of nitrogens with one attached hydrogen (secondary N) is 1. The van der Waals surface area contributed by atoms with Crippen LogP contribution >= 0.6 is 0 Å². The molecular formula is C15H17N5. The van der Waals surface area contributed by atoms with Crippen LogP contribution in [-0.2, 0) is 20.1 Å². The van der Waals surface area contributed by atoms with Crippen molar-refractivity contribution in [2.45, 2.75) is 13.1 Å². The Balaban J connectivity index is 1.58. The van der Waals surface area contributed by atoms with Crippen molar-refractivity contribution in [3.63, 3.8) is 0 Å². The Morgan fingerprint density at radius 2 is 1.95 bits per heavy atom. The molecule has 0 fully saturated rings. The predicted molar refractivity (Wildman–Crippen MR) is 78.3 cm³/mol. The van der Waals surface area contributed by atoms with E-state index in [2.05, 4.69) is 39.8 Å². The van der Waals surface area contributed by atoms with E-state index in [1.165, 1.54) is 11.1 Å². The number of nitrogens with zero attached hydrogens (tertiary/aromatic N) is 4. The summed E-state index contributed by atoms with van der Waals surface area (Å²) in [5.74, 6) is 0. The molecule has 1 aromatic carbocycles. The molecule has 0 spiro atoms. The van der Waals surface area contributed by atoms with Crippen molar-refractivity contribution in [1.29, 1.82) is 0 Å². The van der Waals surface area contributed by atoms with Crippen LogP contribution in [0.5, 0.6) is 0 Å². The van der Waals surface area contributed by atoms with E-state index < -0.39 is 0 Å². The van der Waals surface area contributed by atoms with Crippen LogP contribution in [0.15, 0.2) is 55.1 Å². The Labute approximate surface area is 117 Å². The molecule has 0 unspecified atom stereocenters. The zero-order chi connectivity index (χ0) is 13.8. The molecule has 0 bridgehead atoms. The molecule has 20 heavy (non-hydrogen) atoms. The number of aromatic nitrogens is 4. The summed E-state index contributed by atoms with van der Waals surface area (Å²) in [5, 5.41) is 11.7. The number of rotatable bonds is 5. The van der Waals surface area contributed by atoms with Crippen LogP contribution in [0.25, 0.3) is 0 Å². The van der Waals surface area contributed by atoms with Crippen LogP contribution in [-0.4, -0.2) is 19.6 Å². The molecular weight excluding hydrogens is 250 g/mol. The van der Waals surface area contributed by atoms with Crippen molar-refractivity contribution in [3.8, 4) is 0 Å². The minimum absolute atomic E-state index is 0.784. The first kappa shape index (κ1) is 12.5. The van der Waals surface area contributed by atoms with Crippen molar-refractivity contribution in [1.82, 2.24) is 19.6 Å². The molecule has 5 nitrogen and oxygen atoms in total. The van der Waals surface area contributed by atoms with Crippen LogP contribution < -0.4 is 5.32 Å². The molecule has 2 heterocycles. The molecule has 0 aliphatic carbocycles. The number of benzene rings is 1. The van der Waals surface area contributed by atoms with E-state index in [1.54, 1.807) is 6.20 Å². The lowest BCUT2D eigenvalue weighted by Gasteiger charge is -2.06. The minimum atomic E-state index is 0.784. The molecule has 3 rings (SSSR count). The van der Waals surface area contributed by atoms with Crippen molar-refractivity contribution in [3.05, 3.63) is 66.2 Å². The molecule has 0 saturated heterocycles. The second-order valence-electron chi connectivity index (χ2n) is 4.78. The lowest BCUT2D eigenvalue weighted by atomic mass is 10.2. The fraction of sp³-hybridized carbons (Fsp3) is 0.200. The van der Waals surface area contributed by atoms with Crippen LogP contribution in [0.1, 0.15) is 11.1 Å². The van der Waals surface area contributed by atoms with Gasteiger partial charge in [-0.1, -0.05) is 12.1 Å². The second-order valence-corrected chi connectivity index (χ2v) is 4.78. The van der Waals surface area contributed by atoms with Crippen molar-refractivity contribution >= 4 is 5.69 Å². The van der Waals surface area contributed by atoms with Crippen molar-refractivity contribution < 1.29 is 0 Å². The molecule has 0 radical (unpaired) electrons. The number of hydrogen-bond donors (Lipinski definition) is 1. The molecule has 1 N–H and O–H groups in total. The third-order valence-electron chi connectivity index (χ3n) is 3.11. The molecule has 2 aromatic heterocycles. The lowest BCUT2D eigenvalue weighted by Crippen LogP contribution is -2.01. The summed E-state index contributed by atoms with van der Waals surface area (Å²) in [6, 6.07) is 10.4. The number of anilines is 1. The Bertz CT molecular complexity index is 652. The largest absolute Gasteiger partial charge is 0.381 e. The monoisotopic (exact) mass is 267 g/mol. The first-order valence-corrected chi connectivity index (χ1v) is 6.57. The van der Waals surface area contributed by atoms with E-state index in [0.717, 1.165) is 18.8 Å². The van der Waals surface area contributed by atoms with Gasteiger partial charge in [0.1, 0.15) is 0 Å². The van der Waals surface area contributed by atoms with Gasteiger partial charge in [0.25, 0.3) is 0 Å². The highest BCUT2D eigenvalue weighted by molar-refractivity contribution is 5.45. The zero-order valence-corrected chi connectivity index (χ0v) is 11.4. The minimum Gasteiger partial charge on any atom is -0.381 e. The van der Waals surface area contributed by atoms with E-state index in [0.29, 0.717) is 0 Å². The molecule has 0 saturated carbocycles. The Morgan fingerprint density at radius 1 is 1.10 bits per heavy atom. The van der Waals surface area contributed by atoms with Gasteiger partial charge in [-0.2, -0.15) is 10.2 Å². The Kier molecular flexibility index (Phi) is 3.50. The SMILES string of the molecule is Cn1cc(CNc2ccc(Cn3cccn3)cc2)cn1.